The van der Waals surface area contributed by atoms with Crippen LogP contribution in [0.2, 0.25) is 35.8 Å². The first-order valence-electron chi connectivity index (χ1n) is 20.3. The molecule has 1 saturated heterocycles. The first kappa shape index (κ1) is 46.3. The van der Waals surface area contributed by atoms with Gasteiger partial charge in [-0.15, -0.1) is 5.16 Å². The Morgan fingerprint density at radius 2 is 1.14 bits per heavy atom. The van der Waals surface area contributed by atoms with E-state index in [2.05, 4.69) is 66.3 Å². The van der Waals surface area contributed by atoms with Crippen LogP contribution in [-0.2, 0) is 28.0 Å². The minimum Gasteiger partial charge on any atom is -0.454 e. The number of esters is 1. The molecule has 0 bridgehead atoms. The third-order valence-corrected chi connectivity index (χ3v) is 22.8. The average molecular weight is 858 g/mol. The van der Waals surface area contributed by atoms with Crippen molar-refractivity contribution in [1.29, 1.82) is 0 Å². The largest absolute Gasteiger partial charge is 0.454 e. The van der Waals surface area contributed by atoms with Crippen molar-refractivity contribution in [3.05, 3.63) is 121 Å². The van der Waals surface area contributed by atoms with Gasteiger partial charge in [0.2, 0.25) is 5.60 Å². The zero-order chi connectivity index (χ0) is 43.2. The van der Waals surface area contributed by atoms with Crippen LogP contribution in [-0.4, -0.2) is 102 Å². The van der Waals surface area contributed by atoms with Crippen LogP contribution in [0, 0.1) is 0 Å². The number of hydrogen-bond acceptors (Lipinski definition) is 10. The van der Waals surface area contributed by atoms with Crippen molar-refractivity contribution in [2.75, 3.05) is 26.6 Å². The van der Waals surface area contributed by atoms with E-state index in [-0.39, 0.29) is 13.4 Å². The number of rotatable bonds is 18. The van der Waals surface area contributed by atoms with Gasteiger partial charge in [-0.05, 0) is 31.8 Å². The second-order valence-corrected chi connectivity index (χ2v) is 32.8. The van der Waals surface area contributed by atoms with E-state index in [9.17, 15) is 20.1 Å². The number of hydrogen-bond donors (Lipinski definition) is 3. The molecule has 5 rings (SSSR count). The highest BCUT2D eigenvalue weighted by Crippen LogP contribution is 2.42. The van der Waals surface area contributed by atoms with E-state index >= 15 is 0 Å². The highest BCUT2D eigenvalue weighted by atomic mass is 28.4. The van der Waals surface area contributed by atoms with E-state index in [0.29, 0.717) is 6.61 Å². The summed E-state index contributed by atoms with van der Waals surface area (Å²) in [6.07, 6.45) is -2.49. The molecule has 1 aliphatic rings. The van der Waals surface area contributed by atoms with Crippen LogP contribution in [0.5, 0.6) is 0 Å². The molecule has 0 aromatic heterocycles. The molecule has 1 heterocycles. The van der Waals surface area contributed by atoms with Crippen molar-refractivity contribution in [2.24, 2.45) is 5.16 Å². The lowest BCUT2D eigenvalue weighted by molar-refractivity contribution is -0.190. The smallest absolute Gasteiger partial charge is 0.354 e. The Kier molecular flexibility index (Phi) is 14.5. The molecular weight excluding hydrogens is 795 g/mol. The lowest BCUT2D eigenvalue weighted by atomic mass is 9.78. The number of oxime groups is 1. The van der Waals surface area contributed by atoms with E-state index < -0.39 is 70.8 Å². The van der Waals surface area contributed by atoms with Gasteiger partial charge in [-0.1, -0.05) is 183 Å². The first-order chi connectivity index (χ1) is 27.7. The normalized spacial score (nSPS) is 21.1. The first-order valence-corrected chi connectivity index (χ1v) is 27.8. The van der Waals surface area contributed by atoms with E-state index in [0.717, 1.165) is 33.0 Å². The lowest BCUT2D eigenvalue weighted by Gasteiger charge is -2.44. The van der Waals surface area contributed by atoms with Gasteiger partial charge in [0.15, 0.2) is 11.7 Å². The van der Waals surface area contributed by atoms with Gasteiger partial charge in [-0.3, -0.25) is 0 Å². The fourth-order valence-corrected chi connectivity index (χ4v) is 17.4. The number of carbonyl (C=O) groups excluding carboxylic acids is 1. The Labute approximate surface area is 353 Å². The number of carbonyl (C=O) groups is 1. The Bertz CT molecular complexity index is 1890. The number of aliphatic hydroxyl groups is 3. The van der Waals surface area contributed by atoms with Gasteiger partial charge in [0, 0.05) is 19.7 Å². The molecule has 3 N–H and O–H groups in total. The van der Waals surface area contributed by atoms with E-state index in [4.69, 9.17) is 23.2 Å². The summed E-state index contributed by atoms with van der Waals surface area (Å²) in [4.78, 5) is 14.0. The molecule has 0 spiro atoms. The number of aliphatic hydroxyl groups excluding tert-OH is 1. The summed E-state index contributed by atoms with van der Waals surface area (Å²) >= 11 is 0. The van der Waals surface area contributed by atoms with E-state index in [1.807, 2.05) is 121 Å². The summed E-state index contributed by atoms with van der Waals surface area (Å²) in [6.45, 7) is 18.6. The minimum atomic E-state index is -3.32. The minimum absolute atomic E-state index is 0.184. The van der Waals surface area contributed by atoms with Gasteiger partial charge in [0.25, 0.3) is 8.32 Å². The third kappa shape index (κ3) is 9.43. The van der Waals surface area contributed by atoms with Gasteiger partial charge in [-0.2, -0.15) is 0 Å². The quantitative estimate of drug-likeness (QED) is 0.0308. The van der Waals surface area contributed by atoms with Crippen molar-refractivity contribution in [1.82, 2.24) is 0 Å². The Balaban J connectivity index is 1.58. The van der Waals surface area contributed by atoms with Crippen LogP contribution in [0.3, 0.4) is 0 Å². The number of nitrogens with zero attached hydrogens (tertiary/aromatic N) is 1. The van der Waals surface area contributed by atoms with Crippen LogP contribution in [0.4, 0.5) is 0 Å². The molecule has 4 aromatic rings. The van der Waals surface area contributed by atoms with Crippen LogP contribution in [0.15, 0.2) is 126 Å². The molecule has 10 nitrogen and oxygen atoms in total. The zero-order valence-corrected chi connectivity index (χ0v) is 39.1. The van der Waals surface area contributed by atoms with Crippen LogP contribution in [0.25, 0.3) is 0 Å². The molecule has 0 unspecified atom stereocenters. The predicted octanol–water partition coefficient (Wildman–Crippen LogP) is 5.20. The summed E-state index contributed by atoms with van der Waals surface area (Å²) in [5.74, 6) is -1.25. The van der Waals surface area contributed by atoms with Crippen molar-refractivity contribution in [2.45, 2.75) is 101 Å². The van der Waals surface area contributed by atoms with Crippen molar-refractivity contribution in [3.8, 4) is 0 Å². The molecule has 59 heavy (non-hydrogen) atoms. The number of ether oxygens (including phenoxy) is 3. The summed E-state index contributed by atoms with van der Waals surface area (Å²) < 4.78 is 31.0. The maximum absolute atomic E-state index is 14.0. The second kappa shape index (κ2) is 18.5. The van der Waals surface area contributed by atoms with Crippen LogP contribution in [0.1, 0.15) is 41.5 Å². The van der Waals surface area contributed by atoms with Gasteiger partial charge in [-0.25, -0.2) is 4.79 Å². The Morgan fingerprint density at radius 3 is 1.54 bits per heavy atom. The predicted molar refractivity (Wildman–Crippen MR) is 241 cm³/mol. The zero-order valence-electron chi connectivity index (χ0n) is 36.1. The molecule has 0 radical (unpaired) electrons. The highest BCUT2D eigenvalue weighted by Gasteiger charge is 2.71. The topological polar surface area (TPSA) is 136 Å². The maximum Gasteiger partial charge on any atom is 0.354 e. The van der Waals surface area contributed by atoms with E-state index in [1.165, 1.54) is 0 Å². The molecule has 4 aromatic carbocycles. The average Bonchev–Trinajstić information content (AvgIpc) is 3.39. The highest BCUT2D eigenvalue weighted by molar-refractivity contribution is 7.00. The van der Waals surface area contributed by atoms with Gasteiger partial charge < -0.3 is 38.5 Å². The maximum atomic E-state index is 14.0. The van der Waals surface area contributed by atoms with Crippen LogP contribution >= 0.6 is 0 Å². The third-order valence-electron chi connectivity index (χ3n) is 11.3. The van der Waals surface area contributed by atoms with Crippen molar-refractivity contribution >= 4 is 57.6 Å². The molecule has 13 heteroatoms. The van der Waals surface area contributed by atoms with Crippen molar-refractivity contribution < 1.29 is 43.3 Å². The Morgan fingerprint density at radius 1 is 0.712 bits per heavy atom. The second-order valence-electron chi connectivity index (χ2n) is 18.7. The summed E-state index contributed by atoms with van der Waals surface area (Å²) in [7, 11) is -7.93. The molecule has 0 amide bonds. The monoisotopic (exact) mass is 857 g/mol. The molecule has 0 aliphatic carbocycles. The molecule has 0 saturated carbocycles. The summed E-state index contributed by atoms with van der Waals surface area (Å²) in [6, 6.07) is 40.4. The van der Waals surface area contributed by atoms with E-state index in [1.54, 1.807) is 0 Å². The fourth-order valence-electron chi connectivity index (χ4n) is 8.01. The molecule has 4 atom stereocenters. The lowest BCUT2D eigenvalue weighted by Crippen LogP contribution is -2.70. The van der Waals surface area contributed by atoms with Crippen molar-refractivity contribution in [3.63, 3.8) is 0 Å². The molecule has 1 aliphatic heterocycles. The standard InChI is InChI=1S/C46H63NO9Si3/c1-43(2,3)58(36-22-14-10-15-23-36,37-24-16-11-17-25-37)54-33-41-45(50,46(51,42(49)55-41)40(48)32-53-35-52-30-31-57(7,8)9)34-47-56-59(44(4,5)6,38-26-18-12-19-27-38)39-28-20-13-21-29-39/h10-29,34,40-41,48,50-51H,30-33,35H2,1-9H3/b47-34+/t40-,41-,45+,46+/m1/s1. The summed E-state index contributed by atoms with van der Waals surface area (Å²) in [5, 5.41) is 44.3. The molecular formula is C46H63NO9Si3. The molecule has 1 fully saturated rings. The summed E-state index contributed by atoms with van der Waals surface area (Å²) in [5.41, 5.74) is -5.61. The molecule has 318 valence electrons. The van der Waals surface area contributed by atoms with Gasteiger partial charge in [0.05, 0.1) is 19.4 Å². The fraction of sp³-hybridized carbons (Fsp3) is 0.435. The van der Waals surface area contributed by atoms with Gasteiger partial charge >= 0.3 is 14.3 Å². The number of cyclic esters (lactones) is 1. The van der Waals surface area contributed by atoms with Gasteiger partial charge in [0.1, 0.15) is 12.9 Å². The SMILES string of the molecule is CC(C)(C)[Si](OC[C@H]1OC(=O)[C@@](O)([C@H](O)COCOCC[Si](C)(C)C)[C@]1(O)/C=N/O[Si](c1ccccc1)(c1ccccc1)C(C)(C)C)(c1ccccc1)c1ccccc1. The number of benzene rings is 4. The Hall–Kier alpha value is -3.77. The van der Waals surface area contributed by atoms with Crippen LogP contribution < -0.4 is 20.7 Å².